The second kappa shape index (κ2) is 15.5. The van der Waals surface area contributed by atoms with Crippen molar-refractivity contribution >= 4 is 27.7 Å². The summed E-state index contributed by atoms with van der Waals surface area (Å²) in [4.78, 5) is 43.6. The van der Waals surface area contributed by atoms with Gasteiger partial charge in [-0.25, -0.2) is 13.1 Å². The van der Waals surface area contributed by atoms with Crippen LogP contribution in [-0.4, -0.2) is 84.8 Å². The van der Waals surface area contributed by atoms with Gasteiger partial charge in [0.2, 0.25) is 27.7 Å². The number of hydrogen-bond acceptors (Lipinski definition) is 8. The minimum absolute atomic E-state index is 0.0238. The number of hydrogen-bond donors (Lipinski definition) is 4. The van der Waals surface area contributed by atoms with Crippen LogP contribution in [0.15, 0.2) is 60.9 Å². The van der Waals surface area contributed by atoms with Crippen molar-refractivity contribution < 1.29 is 27.5 Å². The molecule has 3 atom stereocenters. The van der Waals surface area contributed by atoms with Crippen molar-refractivity contribution in [2.45, 2.75) is 63.2 Å². The van der Waals surface area contributed by atoms with E-state index in [1.165, 1.54) is 0 Å². The van der Waals surface area contributed by atoms with Crippen LogP contribution >= 0.6 is 0 Å². The number of aryl methyl sites for hydroxylation is 1. The maximum atomic E-state index is 14.0. The lowest BCUT2D eigenvalue weighted by Gasteiger charge is -2.29. The highest BCUT2D eigenvalue weighted by atomic mass is 32.2. The molecule has 0 saturated carbocycles. The normalized spacial score (nSPS) is 21.3. The quantitative estimate of drug-likeness (QED) is 0.281. The van der Waals surface area contributed by atoms with Crippen LogP contribution in [0.5, 0.6) is 11.5 Å². The number of rotatable bonds is 8. The lowest BCUT2D eigenvalue weighted by Crippen LogP contribution is -2.58. The Morgan fingerprint density at radius 1 is 0.979 bits per heavy atom. The third kappa shape index (κ3) is 10.4. The summed E-state index contributed by atoms with van der Waals surface area (Å²) >= 11 is 0. The number of ether oxygens (including phenoxy) is 1. The van der Waals surface area contributed by atoms with E-state index in [1.807, 2.05) is 18.2 Å². The van der Waals surface area contributed by atoms with Crippen LogP contribution in [0.25, 0.3) is 0 Å². The number of piperidine rings is 1. The van der Waals surface area contributed by atoms with Gasteiger partial charge in [-0.3, -0.25) is 19.1 Å². The molecule has 0 aliphatic carbocycles. The number of aromatic nitrogens is 2. The van der Waals surface area contributed by atoms with Crippen LogP contribution in [0, 0.1) is 0 Å². The van der Waals surface area contributed by atoms with Crippen LogP contribution in [0.1, 0.15) is 42.4 Å². The van der Waals surface area contributed by atoms with Crippen molar-refractivity contribution in [3.8, 4) is 11.5 Å². The van der Waals surface area contributed by atoms with Crippen molar-refractivity contribution in [1.29, 1.82) is 0 Å². The van der Waals surface area contributed by atoms with Gasteiger partial charge in [0.25, 0.3) is 0 Å². The van der Waals surface area contributed by atoms with Gasteiger partial charge in [0.05, 0.1) is 12.5 Å². The number of nitrogens with one attached hydrogen (secondary N) is 4. The SMILES string of the molecule is Cn1cc(CNC(=O)C2Cc3cccc(c3)Oc3cccc(c3)CC(NS(C)(=O)=O)C(=O)N[C@@H](CCN3CCCCC3)C(=O)N2)cn1. The lowest BCUT2D eigenvalue weighted by atomic mass is 10.0. The van der Waals surface area contributed by atoms with E-state index in [4.69, 9.17) is 4.74 Å². The summed E-state index contributed by atoms with van der Waals surface area (Å²) < 4.78 is 34.9. The third-order valence-corrected chi connectivity index (χ3v) is 8.97. The van der Waals surface area contributed by atoms with E-state index >= 15 is 0 Å². The topological polar surface area (TPSA) is 164 Å². The number of amides is 3. The Morgan fingerprint density at radius 3 is 2.30 bits per heavy atom. The summed E-state index contributed by atoms with van der Waals surface area (Å²) in [7, 11) is -2.01. The van der Waals surface area contributed by atoms with Crippen molar-refractivity contribution in [3.63, 3.8) is 0 Å². The fourth-order valence-corrected chi connectivity index (χ4v) is 6.63. The summed E-state index contributed by atoms with van der Waals surface area (Å²) in [6.07, 6.45) is 8.17. The first-order chi connectivity index (χ1) is 22.5. The molecule has 252 valence electrons. The van der Waals surface area contributed by atoms with Crippen molar-refractivity contribution in [2.75, 3.05) is 25.9 Å². The average molecular weight is 666 g/mol. The van der Waals surface area contributed by atoms with E-state index in [0.717, 1.165) is 49.7 Å². The van der Waals surface area contributed by atoms with Crippen molar-refractivity contribution in [3.05, 3.63) is 77.6 Å². The van der Waals surface area contributed by atoms with Gasteiger partial charge in [-0.05, 0) is 74.2 Å². The molecule has 4 bridgehead atoms. The van der Waals surface area contributed by atoms with Gasteiger partial charge in [0, 0.05) is 38.3 Å². The first kappa shape index (κ1) is 34.1. The molecule has 2 unspecified atom stereocenters. The first-order valence-electron chi connectivity index (χ1n) is 15.9. The molecule has 0 radical (unpaired) electrons. The van der Waals surface area contributed by atoms with Crippen LogP contribution in [0.2, 0.25) is 0 Å². The standard InChI is InChI=1S/C33H43N7O6S/c1-39-22-25(21-35-39)20-34-31(41)29-18-23-8-6-10-26(16-23)46-27-11-7-9-24(17-27)19-30(38-47(2,44)45)33(43)36-28(32(42)37-29)12-15-40-13-4-3-5-14-40/h6-11,16-17,21-22,28-30,38H,3-5,12-15,18-20H2,1-2H3,(H,34,41)(H,36,43)(H,37,42)/t28-,29?,30?/m0/s1. The van der Waals surface area contributed by atoms with Crippen LogP contribution in [0.4, 0.5) is 0 Å². The summed E-state index contributed by atoms with van der Waals surface area (Å²) in [5.41, 5.74) is 2.23. The zero-order valence-electron chi connectivity index (χ0n) is 26.8. The Balaban J connectivity index is 1.47. The maximum absolute atomic E-state index is 14.0. The predicted molar refractivity (Wildman–Crippen MR) is 176 cm³/mol. The molecule has 1 fully saturated rings. The summed E-state index contributed by atoms with van der Waals surface area (Å²) in [5.74, 6) is -0.550. The monoisotopic (exact) mass is 665 g/mol. The van der Waals surface area contributed by atoms with E-state index in [1.54, 1.807) is 54.5 Å². The van der Waals surface area contributed by atoms with Crippen molar-refractivity contribution in [2.24, 2.45) is 7.05 Å². The van der Waals surface area contributed by atoms with Gasteiger partial charge in [-0.1, -0.05) is 30.7 Å². The van der Waals surface area contributed by atoms with Crippen LogP contribution in [0.3, 0.4) is 0 Å². The molecule has 2 aromatic carbocycles. The zero-order chi connectivity index (χ0) is 33.4. The van der Waals surface area contributed by atoms with Gasteiger partial charge in [0.15, 0.2) is 0 Å². The average Bonchev–Trinajstić information content (AvgIpc) is 3.45. The molecular formula is C33H43N7O6S. The van der Waals surface area contributed by atoms with Gasteiger partial charge < -0.3 is 25.6 Å². The predicted octanol–water partition coefficient (Wildman–Crippen LogP) is 1.39. The first-order valence-corrected chi connectivity index (χ1v) is 17.8. The number of fused-ring (bicyclic) bond motifs is 4. The Hall–Kier alpha value is -4.27. The third-order valence-electron chi connectivity index (χ3n) is 8.26. The maximum Gasteiger partial charge on any atom is 0.243 e. The minimum atomic E-state index is -3.79. The molecule has 0 spiro atoms. The van der Waals surface area contributed by atoms with Crippen LogP contribution in [-0.2, 0) is 50.8 Å². The van der Waals surface area contributed by atoms with E-state index < -0.39 is 45.9 Å². The molecule has 2 aliphatic heterocycles. The fraction of sp³-hybridized carbons (Fsp3) is 0.455. The van der Waals surface area contributed by atoms with E-state index in [9.17, 15) is 22.8 Å². The number of carbonyl (C=O) groups is 3. The molecule has 47 heavy (non-hydrogen) atoms. The smallest absolute Gasteiger partial charge is 0.243 e. The molecule has 14 heteroatoms. The fourth-order valence-electron chi connectivity index (χ4n) is 5.92. The molecule has 1 saturated heterocycles. The Labute approximate surface area is 275 Å². The Kier molecular flexibility index (Phi) is 11.3. The van der Waals surface area contributed by atoms with E-state index in [-0.39, 0.29) is 25.8 Å². The van der Waals surface area contributed by atoms with Crippen LogP contribution < -0.4 is 25.4 Å². The highest BCUT2D eigenvalue weighted by molar-refractivity contribution is 7.88. The number of carbonyl (C=O) groups excluding carboxylic acids is 3. The molecule has 1 aromatic heterocycles. The summed E-state index contributed by atoms with van der Waals surface area (Å²) in [5, 5.41) is 12.7. The Morgan fingerprint density at radius 2 is 1.66 bits per heavy atom. The zero-order valence-corrected chi connectivity index (χ0v) is 27.6. The highest BCUT2D eigenvalue weighted by Crippen LogP contribution is 2.25. The lowest BCUT2D eigenvalue weighted by molar-refractivity contribution is -0.132. The molecular weight excluding hydrogens is 622 g/mol. The van der Waals surface area contributed by atoms with Gasteiger partial charge in [-0.15, -0.1) is 0 Å². The second-order valence-corrected chi connectivity index (χ2v) is 14.1. The second-order valence-electron chi connectivity index (χ2n) is 12.3. The van der Waals surface area contributed by atoms with E-state index in [0.29, 0.717) is 23.6 Å². The minimum Gasteiger partial charge on any atom is -0.457 e. The molecule has 4 N–H and O–H groups in total. The Bertz CT molecular complexity index is 1670. The summed E-state index contributed by atoms with van der Waals surface area (Å²) in [6, 6.07) is 11.2. The number of nitrogens with zero attached hydrogens (tertiary/aromatic N) is 3. The number of likely N-dealkylation sites (tertiary alicyclic amines) is 1. The molecule has 2 aliphatic rings. The van der Waals surface area contributed by atoms with Gasteiger partial charge in [-0.2, -0.15) is 5.10 Å². The number of benzene rings is 2. The number of sulfonamides is 1. The summed E-state index contributed by atoms with van der Waals surface area (Å²) in [6.45, 7) is 2.57. The largest absolute Gasteiger partial charge is 0.457 e. The molecule has 3 heterocycles. The molecule has 5 rings (SSSR count). The highest BCUT2D eigenvalue weighted by Gasteiger charge is 2.31. The molecule has 3 aromatic rings. The van der Waals surface area contributed by atoms with Gasteiger partial charge >= 0.3 is 0 Å². The molecule has 3 amide bonds. The van der Waals surface area contributed by atoms with E-state index in [2.05, 4.69) is 30.7 Å². The van der Waals surface area contributed by atoms with Crippen molar-refractivity contribution in [1.82, 2.24) is 35.4 Å². The molecule has 13 nitrogen and oxygen atoms in total. The van der Waals surface area contributed by atoms with Gasteiger partial charge in [0.1, 0.15) is 29.6 Å².